The van der Waals surface area contributed by atoms with Crippen LogP contribution in [0.25, 0.3) is 0 Å². The number of ether oxygens (including phenoxy) is 1. The lowest BCUT2D eigenvalue weighted by atomic mass is 9.81. The van der Waals surface area contributed by atoms with Crippen LogP contribution in [0.1, 0.15) is 50.2 Å². The van der Waals surface area contributed by atoms with Crippen LogP contribution in [-0.4, -0.2) is 17.0 Å². The van der Waals surface area contributed by atoms with Gasteiger partial charge in [0.1, 0.15) is 5.60 Å². The SMILES string of the molecule is CCCCCC1(c2ccccc2)CC(=O)C(SCc2ccccc2)C(=O)O1. The van der Waals surface area contributed by atoms with Gasteiger partial charge in [-0.05, 0) is 24.0 Å². The van der Waals surface area contributed by atoms with Crippen LogP contribution in [0.15, 0.2) is 60.7 Å². The lowest BCUT2D eigenvalue weighted by molar-refractivity contribution is -0.172. The van der Waals surface area contributed by atoms with Crippen LogP contribution in [0.3, 0.4) is 0 Å². The van der Waals surface area contributed by atoms with Crippen LogP contribution in [0.5, 0.6) is 0 Å². The summed E-state index contributed by atoms with van der Waals surface area (Å²) in [5.74, 6) is 0.209. The number of carbonyl (C=O) groups is 2. The summed E-state index contributed by atoms with van der Waals surface area (Å²) >= 11 is 1.37. The molecule has 0 aliphatic carbocycles. The number of cyclic esters (lactones) is 1. The van der Waals surface area contributed by atoms with Crippen molar-refractivity contribution >= 4 is 23.5 Å². The van der Waals surface area contributed by atoms with Gasteiger partial charge in [-0.25, -0.2) is 0 Å². The Morgan fingerprint density at radius 2 is 1.67 bits per heavy atom. The minimum Gasteiger partial charge on any atom is -0.453 e. The zero-order valence-corrected chi connectivity index (χ0v) is 16.5. The molecule has 2 aromatic carbocycles. The van der Waals surface area contributed by atoms with Crippen LogP contribution >= 0.6 is 11.8 Å². The Kier molecular flexibility index (Phi) is 6.73. The Morgan fingerprint density at radius 3 is 2.30 bits per heavy atom. The first-order chi connectivity index (χ1) is 13.1. The minimum absolute atomic E-state index is 0.0208. The summed E-state index contributed by atoms with van der Waals surface area (Å²) in [5, 5.41) is -0.729. The van der Waals surface area contributed by atoms with E-state index >= 15 is 0 Å². The van der Waals surface area contributed by atoms with Crippen molar-refractivity contribution in [2.45, 2.75) is 55.6 Å². The molecule has 3 nitrogen and oxygen atoms in total. The molecule has 0 saturated carbocycles. The molecule has 0 radical (unpaired) electrons. The summed E-state index contributed by atoms with van der Waals surface area (Å²) in [7, 11) is 0. The van der Waals surface area contributed by atoms with Crippen LogP contribution in [-0.2, 0) is 25.7 Å². The monoisotopic (exact) mass is 382 g/mol. The van der Waals surface area contributed by atoms with Gasteiger partial charge in [-0.3, -0.25) is 9.59 Å². The van der Waals surface area contributed by atoms with E-state index in [1.54, 1.807) is 0 Å². The molecule has 1 saturated heterocycles. The number of benzene rings is 2. The Labute approximate surface area is 165 Å². The van der Waals surface area contributed by atoms with E-state index < -0.39 is 16.8 Å². The van der Waals surface area contributed by atoms with Gasteiger partial charge in [0.2, 0.25) is 0 Å². The first kappa shape index (κ1) is 19.7. The number of rotatable bonds is 8. The third-order valence-corrected chi connectivity index (χ3v) is 6.29. The third-order valence-electron chi connectivity index (χ3n) is 5.01. The van der Waals surface area contributed by atoms with Crippen molar-refractivity contribution in [3.63, 3.8) is 0 Å². The molecular formula is C23H26O3S. The molecule has 1 aliphatic rings. The van der Waals surface area contributed by atoms with Gasteiger partial charge >= 0.3 is 5.97 Å². The number of ketones is 1. The van der Waals surface area contributed by atoms with E-state index in [1.165, 1.54) is 11.8 Å². The minimum atomic E-state index is -0.811. The Hall–Kier alpha value is -2.07. The van der Waals surface area contributed by atoms with E-state index in [2.05, 4.69) is 6.92 Å². The van der Waals surface area contributed by atoms with Crippen molar-refractivity contribution in [1.29, 1.82) is 0 Å². The molecule has 0 aromatic heterocycles. The molecular weight excluding hydrogens is 356 g/mol. The van der Waals surface area contributed by atoms with E-state index in [0.29, 0.717) is 12.2 Å². The Bertz CT molecular complexity index is 740. The highest BCUT2D eigenvalue weighted by Gasteiger charge is 2.47. The number of hydrogen-bond acceptors (Lipinski definition) is 4. The first-order valence-corrected chi connectivity index (χ1v) is 10.7. The quantitative estimate of drug-likeness (QED) is 0.354. The number of esters is 1. The molecule has 1 heterocycles. The van der Waals surface area contributed by atoms with Crippen LogP contribution in [0, 0.1) is 0 Å². The normalized spacial score (nSPS) is 22.5. The van der Waals surface area contributed by atoms with E-state index in [-0.39, 0.29) is 12.2 Å². The van der Waals surface area contributed by atoms with Crippen molar-refractivity contribution in [3.05, 3.63) is 71.8 Å². The van der Waals surface area contributed by atoms with E-state index in [1.807, 2.05) is 60.7 Å². The molecule has 4 heteroatoms. The van der Waals surface area contributed by atoms with Gasteiger partial charge in [-0.15, -0.1) is 11.8 Å². The van der Waals surface area contributed by atoms with Crippen LogP contribution in [0.2, 0.25) is 0 Å². The smallest absolute Gasteiger partial charge is 0.327 e. The fraction of sp³-hybridized carbons (Fsp3) is 0.391. The molecule has 0 N–H and O–H groups in total. The maximum absolute atomic E-state index is 12.9. The van der Waals surface area contributed by atoms with Gasteiger partial charge in [-0.2, -0.15) is 0 Å². The lowest BCUT2D eigenvalue weighted by Crippen LogP contribution is -2.47. The molecule has 2 atom stereocenters. The van der Waals surface area contributed by atoms with E-state index in [9.17, 15) is 9.59 Å². The Morgan fingerprint density at radius 1 is 1.00 bits per heavy atom. The second-order valence-electron chi connectivity index (χ2n) is 7.06. The fourth-order valence-electron chi connectivity index (χ4n) is 3.55. The van der Waals surface area contributed by atoms with Crippen molar-refractivity contribution in [2.24, 2.45) is 0 Å². The topological polar surface area (TPSA) is 43.4 Å². The molecule has 1 fully saturated rings. The Balaban J connectivity index is 1.75. The second kappa shape index (κ2) is 9.23. The zero-order valence-electron chi connectivity index (χ0n) is 15.7. The summed E-state index contributed by atoms with van der Waals surface area (Å²) in [6, 6.07) is 19.6. The zero-order chi connectivity index (χ0) is 19.1. The van der Waals surface area contributed by atoms with Crippen LogP contribution in [0.4, 0.5) is 0 Å². The highest BCUT2D eigenvalue weighted by Crippen LogP contribution is 2.41. The van der Waals surface area contributed by atoms with Crippen molar-refractivity contribution in [2.75, 3.05) is 0 Å². The number of Topliss-reactive ketones (excluding diaryl/α,β-unsaturated/α-hetero) is 1. The summed E-state index contributed by atoms with van der Waals surface area (Å²) in [4.78, 5) is 25.7. The third kappa shape index (κ3) is 4.81. The predicted octanol–water partition coefficient (Wildman–Crippen LogP) is 5.28. The average Bonchev–Trinajstić information content (AvgIpc) is 2.69. The van der Waals surface area contributed by atoms with E-state index in [0.717, 1.165) is 30.4 Å². The molecule has 0 amide bonds. The van der Waals surface area contributed by atoms with Crippen molar-refractivity contribution < 1.29 is 14.3 Å². The van der Waals surface area contributed by atoms with Gasteiger partial charge in [0.25, 0.3) is 0 Å². The number of thioether (sulfide) groups is 1. The second-order valence-corrected chi connectivity index (χ2v) is 8.15. The number of carbonyl (C=O) groups excluding carboxylic acids is 2. The lowest BCUT2D eigenvalue weighted by Gasteiger charge is -2.39. The van der Waals surface area contributed by atoms with Crippen molar-refractivity contribution in [1.82, 2.24) is 0 Å². The summed E-state index contributed by atoms with van der Waals surface area (Å²) in [5.41, 5.74) is 1.22. The van der Waals surface area contributed by atoms with Gasteiger partial charge in [-0.1, -0.05) is 80.4 Å². The molecule has 27 heavy (non-hydrogen) atoms. The molecule has 2 unspecified atom stereocenters. The highest BCUT2D eigenvalue weighted by atomic mass is 32.2. The standard InChI is InChI=1S/C23H26O3S/c1-2-3-10-15-23(19-13-8-5-9-14-19)16-20(24)21(22(25)26-23)27-17-18-11-6-4-7-12-18/h4-9,11-14,21H,2-3,10,15-17H2,1H3. The largest absolute Gasteiger partial charge is 0.453 e. The molecule has 3 rings (SSSR count). The highest BCUT2D eigenvalue weighted by molar-refractivity contribution is 8.00. The first-order valence-electron chi connectivity index (χ1n) is 9.61. The predicted molar refractivity (Wildman–Crippen MR) is 110 cm³/mol. The molecule has 0 spiro atoms. The van der Waals surface area contributed by atoms with Gasteiger partial charge in [0.15, 0.2) is 11.0 Å². The molecule has 142 valence electrons. The van der Waals surface area contributed by atoms with Gasteiger partial charge < -0.3 is 4.74 Å². The molecule has 0 bridgehead atoms. The maximum atomic E-state index is 12.9. The van der Waals surface area contributed by atoms with Crippen molar-refractivity contribution in [3.8, 4) is 0 Å². The summed E-state index contributed by atoms with van der Waals surface area (Å²) in [6.45, 7) is 2.14. The van der Waals surface area contributed by atoms with Gasteiger partial charge in [0.05, 0.1) is 6.42 Å². The maximum Gasteiger partial charge on any atom is 0.327 e. The average molecular weight is 383 g/mol. The fourth-order valence-corrected chi connectivity index (χ4v) is 4.55. The van der Waals surface area contributed by atoms with Gasteiger partial charge in [0, 0.05) is 5.75 Å². The van der Waals surface area contributed by atoms with E-state index in [4.69, 9.17) is 4.74 Å². The molecule has 2 aromatic rings. The number of hydrogen-bond donors (Lipinski definition) is 0. The summed E-state index contributed by atoms with van der Waals surface area (Å²) in [6.07, 6.45) is 4.04. The summed E-state index contributed by atoms with van der Waals surface area (Å²) < 4.78 is 6.00. The molecule has 1 aliphatic heterocycles. The van der Waals surface area contributed by atoms with Crippen LogP contribution < -0.4 is 0 Å². The number of unbranched alkanes of at least 4 members (excludes halogenated alkanes) is 2.